The number of carbonyl (C=O) groups is 3. The summed E-state index contributed by atoms with van der Waals surface area (Å²) in [6.45, 7) is 8.55. The lowest BCUT2D eigenvalue weighted by molar-refractivity contribution is -0.127. The Bertz CT molecular complexity index is 576. The first kappa shape index (κ1) is 25.8. The minimum absolute atomic E-state index is 0.0812. The van der Waals surface area contributed by atoms with Crippen LogP contribution in [-0.2, 0) is 19.1 Å². The largest absolute Gasteiger partial charge is 0.378 e. The van der Waals surface area contributed by atoms with Crippen LogP contribution in [0.5, 0.6) is 0 Å². The number of hydrogen-bond acceptors (Lipinski definition) is 4. The number of Topliss-reactive ketones (excluding diaryl/α,β-unsaturated/α-hetero) is 1. The summed E-state index contributed by atoms with van der Waals surface area (Å²) in [7, 11) is 0. The van der Waals surface area contributed by atoms with Gasteiger partial charge >= 0.3 is 0 Å². The highest BCUT2D eigenvalue weighted by Gasteiger charge is 2.28. The van der Waals surface area contributed by atoms with E-state index in [0.717, 1.165) is 64.2 Å². The average molecular weight is 437 g/mol. The number of rotatable bonds is 11. The van der Waals surface area contributed by atoms with Gasteiger partial charge in [0.15, 0.2) is 0 Å². The first-order valence-electron chi connectivity index (χ1n) is 12.5. The fraction of sp³-hybridized carbons (Fsp3) is 0.880. The van der Waals surface area contributed by atoms with Crippen molar-refractivity contribution in [3.8, 4) is 0 Å². The van der Waals surface area contributed by atoms with Crippen LogP contribution < -0.4 is 10.6 Å². The summed E-state index contributed by atoms with van der Waals surface area (Å²) < 4.78 is 5.98. The molecular weight excluding hydrogens is 392 g/mol. The predicted octanol–water partition coefficient (Wildman–Crippen LogP) is 4.16. The highest BCUT2D eigenvalue weighted by molar-refractivity contribution is 5.83. The topological polar surface area (TPSA) is 84.5 Å². The van der Waals surface area contributed by atoms with Gasteiger partial charge in [-0.1, -0.05) is 27.7 Å². The Kier molecular flexibility index (Phi) is 11.0. The molecule has 2 fully saturated rings. The van der Waals surface area contributed by atoms with Crippen LogP contribution in [0.2, 0.25) is 0 Å². The van der Waals surface area contributed by atoms with Crippen molar-refractivity contribution in [1.29, 1.82) is 0 Å². The van der Waals surface area contributed by atoms with Gasteiger partial charge in [0, 0.05) is 42.9 Å². The van der Waals surface area contributed by atoms with Crippen molar-refractivity contribution in [2.75, 3.05) is 6.61 Å². The summed E-state index contributed by atoms with van der Waals surface area (Å²) in [5, 5.41) is 6.30. The van der Waals surface area contributed by atoms with Crippen molar-refractivity contribution in [3.05, 3.63) is 0 Å². The van der Waals surface area contributed by atoms with Gasteiger partial charge in [0.25, 0.3) is 0 Å². The van der Waals surface area contributed by atoms with E-state index < -0.39 is 0 Å². The van der Waals surface area contributed by atoms with Crippen LogP contribution in [-0.4, -0.2) is 42.4 Å². The minimum Gasteiger partial charge on any atom is -0.378 e. The molecule has 1 atom stereocenters. The van der Waals surface area contributed by atoms with Crippen molar-refractivity contribution in [2.45, 2.75) is 117 Å². The zero-order valence-corrected chi connectivity index (χ0v) is 20.1. The molecule has 0 bridgehead atoms. The molecule has 0 aromatic rings. The summed E-state index contributed by atoms with van der Waals surface area (Å²) in [6, 6.07) is 0.489. The zero-order valence-electron chi connectivity index (χ0n) is 20.1. The first-order chi connectivity index (χ1) is 14.8. The van der Waals surface area contributed by atoms with Crippen LogP contribution in [0.25, 0.3) is 0 Å². The quantitative estimate of drug-likeness (QED) is 0.476. The Morgan fingerprint density at radius 1 is 0.871 bits per heavy atom. The number of ketones is 1. The van der Waals surface area contributed by atoms with E-state index in [1.54, 1.807) is 0 Å². The van der Waals surface area contributed by atoms with Gasteiger partial charge in [-0.05, 0) is 64.2 Å². The van der Waals surface area contributed by atoms with E-state index in [1.165, 1.54) is 0 Å². The van der Waals surface area contributed by atoms with Crippen molar-refractivity contribution in [1.82, 2.24) is 10.6 Å². The maximum atomic E-state index is 12.2. The molecule has 31 heavy (non-hydrogen) atoms. The third kappa shape index (κ3) is 8.91. The van der Waals surface area contributed by atoms with Crippen molar-refractivity contribution in [2.24, 2.45) is 17.8 Å². The second-order valence-corrected chi connectivity index (χ2v) is 9.94. The van der Waals surface area contributed by atoms with Gasteiger partial charge in [-0.2, -0.15) is 0 Å². The molecule has 2 saturated carbocycles. The molecule has 2 aliphatic rings. The molecule has 6 heteroatoms. The summed E-state index contributed by atoms with van der Waals surface area (Å²) in [6.07, 6.45) is 9.81. The molecule has 2 N–H and O–H groups in total. The molecule has 0 radical (unpaired) electrons. The fourth-order valence-electron chi connectivity index (χ4n) is 4.68. The van der Waals surface area contributed by atoms with Gasteiger partial charge in [-0.3, -0.25) is 14.4 Å². The Morgan fingerprint density at radius 3 is 2.03 bits per heavy atom. The standard InChI is InChI=1S/C25H44N2O4/c1-5-18(4)25(30)27-21-12-14-22(15-13-21)31-16-6-7-23(28)26-20-10-8-19(9-11-20)24(29)17(2)3/h17-22H,5-16H2,1-4H3,(H,26,28)(H,27,30). The average Bonchev–Trinajstić information content (AvgIpc) is 2.77. The number of ether oxygens (including phenoxy) is 1. The Balaban J connectivity index is 1.52. The fourth-order valence-corrected chi connectivity index (χ4v) is 4.68. The van der Waals surface area contributed by atoms with E-state index in [0.29, 0.717) is 18.8 Å². The number of hydrogen-bond donors (Lipinski definition) is 2. The molecule has 0 saturated heterocycles. The number of carbonyl (C=O) groups excluding carboxylic acids is 3. The third-order valence-corrected chi connectivity index (χ3v) is 7.05. The predicted molar refractivity (Wildman–Crippen MR) is 123 cm³/mol. The minimum atomic E-state index is 0.0812. The first-order valence-corrected chi connectivity index (χ1v) is 12.5. The van der Waals surface area contributed by atoms with Crippen LogP contribution >= 0.6 is 0 Å². The summed E-state index contributed by atoms with van der Waals surface area (Å²) >= 11 is 0. The summed E-state index contributed by atoms with van der Waals surface area (Å²) in [5.41, 5.74) is 0. The Morgan fingerprint density at radius 2 is 1.45 bits per heavy atom. The molecule has 2 rings (SSSR count). The smallest absolute Gasteiger partial charge is 0.223 e. The third-order valence-electron chi connectivity index (χ3n) is 7.05. The normalized spacial score (nSPS) is 27.5. The molecule has 1 unspecified atom stereocenters. The van der Waals surface area contributed by atoms with Gasteiger partial charge in [-0.25, -0.2) is 0 Å². The van der Waals surface area contributed by atoms with Crippen molar-refractivity contribution in [3.63, 3.8) is 0 Å². The van der Waals surface area contributed by atoms with Crippen molar-refractivity contribution < 1.29 is 19.1 Å². The monoisotopic (exact) mass is 436 g/mol. The van der Waals surface area contributed by atoms with E-state index in [4.69, 9.17) is 4.74 Å². The second-order valence-electron chi connectivity index (χ2n) is 9.94. The van der Waals surface area contributed by atoms with Crippen LogP contribution in [0, 0.1) is 17.8 Å². The van der Waals surface area contributed by atoms with Gasteiger partial charge in [0.1, 0.15) is 5.78 Å². The lowest BCUT2D eigenvalue weighted by Gasteiger charge is -2.30. The molecule has 0 aromatic heterocycles. The Labute approximate surface area is 188 Å². The molecule has 0 aliphatic heterocycles. The molecular formula is C25H44N2O4. The molecule has 2 amide bonds. The summed E-state index contributed by atoms with van der Waals surface area (Å²) in [5.74, 6) is 0.998. The van der Waals surface area contributed by atoms with Crippen LogP contribution in [0.3, 0.4) is 0 Å². The molecule has 6 nitrogen and oxygen atoms in total. The van der Waals surface area contributed by atoms with Gasteiger partial charge < -0.3 is 15.4 Å². The van der Waals surface area contributed by atoms with Gasteiger partial charge in [0.05, 0.1) is 6.10 Å². The molecule has 0 spiro atoms. The SMILES string of the molecule is CCC(C)C(=O)NC1CCC(OCCCC(=O)NC2CCC(C(=O)C(C)C)CC2)CC1. The molecule has 0 heterocycles. The number of nitrogens with one attached hydrogen (secondary N) is 2. The highest BCUT2D eigenvalue weighted by Crippen LogP contribution is 2.27. The van der Waals surface area contributed by atoms with Gasteiger partial charge in [0.2, 0.25) is 11.8 Å². The Hall–Kier alpha value is -1.43. The van der Waals surface area contributed by atoms with Gasteiger partial charge in [-0.15, -0.1) is 0 Å². The van der Waals surface area contributed by atoms with E-state index in [-0.39, 0.29) is 47.8 Å². The molecule has 2 aliphatic carbocycles. The van der Waals surface area contributed by atoms with Crippen molar-refractivity contribution >= 4 is 17.6 Å². The van der Waals surface area contributed by atoms with Crippen LogP contribution in [0.1, 0.15) is 98.3 Å². The maximum absolute atomic E-state index is 12.2. The zero-order chi connectivity index (χ0) is 22.8. The maximum Gasteiger partial charge on any atom is 0.223 e. The summed E-state index contributed by atoms with van der Waals surface area (Å²) in [4.78, 5) is 36.4. The van der Waals surface area contributed by atoms with E-state index in [9.17, 15) is 14.4 Å². The van der Waals surface area contributed by atoms with E-state index in [1.807, 2.05) is 27.7 Å². The number of amides is 2. The lowest BCUT2D eigenvalue weighted by atomic mass is 9.80. The second kappa shape index (κ2) is 13.2. The van der Waals surface area contributed by atoms with E-state index in [2.05, 4.69) is 10.6 Å². The van der Waals surface area contributed by atoms with E-state index >= 15 is 0 Å². The van der Waals surface area contributed by atoms with Crippen LogP contribution in [0.15, 0.2) is 0 Å². The molecule has 0 aromatic carbocycles. The molecule has 178 valence electrons. The highest BCUT2D eigenvalue weighted by atomic mass is 16.5. The van der Waals surface area contributed by atoms with Crippen LogP contribution in [0.4, 0.5) is 0 Å². The lowest BCUT2D eigenvalue weighted by Crippen LogP contribution is -2.41.